The highest BCUT2D eigenvalue weighted by atomic mass is 16.2. The van der Waals surface area contributed by atoms with Crippen molar-refractivity contribution in [2.24, 2.45) is 5.92 Å². The summed E-state index contributed by atoms with van der Waals surface area (Å²) in [4.78, 5) is 30.0. The first-order valence-corrected chi connectivity index (χ1v) is 7.21. The largest absolute Gasteiger partial charge is 0.344 e. The Bertz CT molecular complexity index is 499. The lowest BCUT2D eigenvalue weighted by atomic mass is 10.1. The first kappa shape index (κ1) is 13.1. The maximum Gasteiger partial charge on any atom is 0.245 e. The molecular formula is C15H19N3O2. The van der Waals surface area contributed by atoms with Crippen molar-refractivity contribution < 1.29 is 9.59 Å². The van der Waals surface area contributed by atoms with Crippen molar-refractivity contribution in [1.82, 2.24) is 15.2 Å². The van der Waals surface area contributed by atoms with E-state index in [0.29, 0.717) is 25.4 Å². The topological polar surface area (TPSA) is 62.3 Å². The lowest BCUT2D eigenvalue weighted by Crippen LogP contribution is -2.46. The Labute approximate surface area is 118 Å². The molecule has 5 heteroatoms. The van der Waals surface area contributed by atoms with Gasteiger partial charge in [-0.3, -0.25) is 14.6 Å². The fourth-order valence-electron chi connectivity index (χ4n) is 2.64. The number of rotatable bonds is 4. The summed E-state index contributed by atoms with van der Waals surface area (Å²) in [5.41, 5.74) is 1.17. The summed E-state index contributed by atoms with van der Waals surface area (Å²) in [5.74, 6) is 0.446. The summed E-state index contributed by atoms with van der Waals surface area (Å²) in [7, 11) is 0. The summed E-state index contributed by atoms with van der Waals surface area (Å²) < 4.78 is 0. The molecule has 1 aromatic heterocycles. The Morgan fingerprint density at radius 3 is 2.70 bits per heavy atom. The Kier molecular flexibility index (Phi) is 3.67. The molecule has 2 heterocycles. The van der Waals surface area contributed by atoms with E-state index in [-0.39, 0.29) is 17.9 Å². The minimum Gasteiger partial charge on any atom is -0.344 e. The van der Waals surface area contributed by atoms with E-state index in [4.69, 9.17) is 0 Å². The van der Waals surface area contributed by atoms with Gasteiger partial charge >= 0.3 is 0 Å². The minimum absolute atomic E-state index is 0.00154. The van der Waals surface area contributed by atoms with Crippen LogP contribution >= 0.6 is 0 Å². The van der Waals surface area contributed by atoms with Crippen LogP contribution in [-0.4, -0.2) is 40.8 Å². The second-order valence-corrected chi connectivity index (χ2v) is 5.56. The van der Waals surface area contributed by atoms with E-state index in [1.165, 1.54) is 5.56 Å². The molecule has 1 unspecified atom stereocenters. The standard InChI is InChI=1S/C15H19N3O2/c19-13-6-10-18(9-5-11-3-7-16-8-4-11)15(20)14(17-13)12-1-2-12/h3-4,7-8,12,14H,1-2,5-6,9-10H2,(H,17,19). The Morgan fingerprint density at radius 2 is 2.00 bits per heavy atom. The average Bonchev–Trinajstić information content (AvgIpc) is 3.29. The molecule has 2 fully saturated rings. The van der Waals surface area contributed by atoms with Gasteiger partial charge in [0, 0.05) is 31.9 Å². The first-order chi connectivity index (χ1) is 9.74. The molecule has 2 amide bonds. The molecule has 1 N–H and O–H groups in total. The van der Waals surface area contributed by atoms with Crippen LogP contribution in [0.25, 0.3) is 0 Å². The van der Waals surface area contributed by atoms with Crippen LogP contribution in [-0.2, 0) is 16.0 Å². The number of hydrogen-bond acceptors (Lipinski definition) is 3. The van der Waals surface area contributed by atoms with Gasteiger partial charge in [-0.25, -0.2) is 0 Å². The molecule has 0 bridgehead atoms. The van der Waals surface area contributed by atoms with E-state index in [0.717, 1.165) is 19.3 Å². The minimum atomic E-state index is -0.289. The van der Waals surface area contributed by atoms with E-state index in [9.17, 15) is 9.59 Å². The highest BCUT2D eigenvalue weighted by molar-refractivity contribution is 5.90. The third-order valence-corrected chi connectivity index (χ3v) is 4.02. The van der Waals surface area contributed by atoms with E-state index < -0.39 is 0 Å². The zero-order valence-electron chi connectivity index (χ0n) is 11.4. The van der Waals surface area contributed by atoms with E-state index in [1.54, 1.807) is 12.4 Å². The number of nitrogens with one attached hydrogen (secondary N) is 1. The Hall–Kier alpha value is -1.91. The number of aromatic nitrogens is 1. The Morgan fingerprint density at radius 1 is 1.25 bits per heavy atom. The van der Waals surface area contributed by atoms with Crippen molar-refractivity contribution in [1.29, 1.82) is 0 Å². The zero-order chi connectivity index (χ0) is 13.9. The third-order valence-electron chi connectivity index (χ3n) is 4.02. The van der Waals surface area contributed by atoms with Gasteiger partial charge in [0.05, 0.1) is 0 Å². The molecule has 0 radical (unpaired) electrons. The summed E-state index contributed by atoms with van der Waals surface area (Å²) >= 11 is 0. The highest BCUT2D eigenvalue weighted by Gasteiger charge is 2.40. The predicted octanol–water partition coefficient (Wildman–Crippen LogP) is 0.751. The number of carbonyl (C=O) groups excluding carboxylic acids is 2. The van der Waals surface area contributed by atoms with Crippen LogP contribution in [0.1, 0.15) is 24.8 Å². The summed E-state index contributed by atoms with van der Waals surface area (Å²) in [6, 6.07) is 3.64. The lowest BCUT2D eigenvalue weighted by Gasteiger charge is -2.24. The molecule has 3 rings (SSSR count). The van der Waals surface area contributed by atoms with Crippen LogP contribution in [0, 0.1) is 5.92 Å². The van der Waals surface area contributed by atoms with Gasteiger partial charge in [-0.05, 0) is 42.9 Å². The lowest BCUT2D eigenvalue weighted by molar-refractivity contribution is -0.134. The molecular weight excluding hydrogens is 254 g/mol. The number of nitrogens with zero attached hydrogens (tertiary/aromatic N) is 2. The average molecular weight is 273 g/mol. The smallest absolute Gasteiger partial charge is 0.245 e. The second-order valence-electron chi connectivity index (χ2n) is 5.56. The van der Waals surface area contributed by atoms with Crippen molar-refractivity contribution >= 4 is 11.8 Å². The molecule has 5 nitrogen and oxygen atoms in total. The fourth-order valence-corrected chi connectivity index (χ4v) is 2.64. The molecule has 1 aliphatic heterocycles. The van der Waals surface area contributed by atoms with Crippen LogP contribution in [0.15, 0.2) is 24.5 Å². The summed E-state index contributed by atoms with van der Waals surface area (Å²) in [6.45, 7) is 1.19. The van der Waals surface area contributed by atoms with Crippen molar-refractivity contribution in [2.45, 2.75) is 31.7 Å². The monoisotopic (exact) mass is 273 g/mol. The van der Waals surface area contributed by atoms with Gasteiger partial charge in [0.25, 0.3) is 0 Å². The molecule has 1 aliphatic carbocycles. The fraction of sp³-hybridized carbons (Fsp3) is 0.533. The molecule has 106 valence electrons. The molecule has 0 spiro atoms. The van der Waals surface area contributed by atoms with Crippen molar-refractivity contribution in [3.63, 3.8) is 0 Å². The summed E-state index contributed by atoms with van der Waals surface area (Å²) in [6.07, 6.45) is 6.84. The normalized spacial score (nSPS) is 23.4. The van der Waals surface area contributed by atoms with Crippen LogP contribution in [0.5, 0.6) is 0 Å². The second kappa shape index (κ2) is 5.61. The molecule has 1 atom stereocenters. The van der Waals surface area contributed by atoms with Gasteiger partial charge in [-0.1, -0.05) is 0 Å². The third kappa shape index (κ3) is 2.98. The van der Waals surface area contributed by atoms with Gasteiger partial charge in [-0.15, -0.1) is 0 Å². The van der Waals surface area contributed by atoms with E-state index in [2.05, 4.69) is 10.3 Å². The maximum absolute atomic E-state index is 12.5. The van der Waals surface area contributed by atoms with Crippen molar-refractivity contribution in [3.05, 3.63) is 30.1 Å². The number of carbonyl (C=O) groups is 2. The van der Waals surface area contributed by atoms with Gasteiger partial charge in [0.15, 0.2) is 0 Å². The van der Waals surface area contributed by atoms with Crippen LogP contribution in [0.3, 0.4) is 0 Å². The van der Waals surface area contributed by atoms with Gasteiger partial charge in [-0.2, -0.15) is 0 Å². The highest BCUT2D eigenvalue weighted by Crippen LogP contribution is 2.34. The van der Waals surface area contributed by atoms with Crippen molar-refractivity contribution in [2.75, 3.05) is 13.1 Å². The molecule has 2 aliphatic rings. The van der Waals surface area contributed by atoms with E-state index in [1.807, 2.05) is 17.0 Å². The number of pyridine rings is 1. The van der Waals surface area contributed by atoms with Gasteiger partial charge in [0.1, 0.15) is 6.04 Å². The van der Waals surface area contributed by atoms with Crippen LogP contribution in [0.4, 0.5) is 0 Å². The predicted molar refractivity (Wildman–Crippen MR) is 73.8 cm³/mol. The van der Waals surface area contributed by atoms with Crippen LogP contribution < -0.4 is 5.32 Å². The Balaban J connectivity index is 1.64. The van der Waals surface area contributed by atoms with Crippen molar-refractivity contribution in [3.8, 4) is 0 Å². The van der Waals surface area contributed by atoms with Gasteiger partial charge in [0.2, 0.25) is 11.8 Å². The zero-order valence-corrected chi connectivity index (χ0v) is 11.4. The molecule has 0 aromatic carbocycles. The molecule has 1 saturated carbocycles. The number of hydrogen-bond donors (Lipinski definition) is 1. The molecule has 1 saturated heterocycles. The molecule has 20 heavy (non-hydrogen) atoms. The quantitative estimate of drug-likeness (QED) is 0.880. The molecule has 1 aromatic rings. The summed E-state index contributed by atoms with van der Waals surface area (Å²) in [5, 5.41) is 2.88. The van der Waals surface area contributed by atoms with E-state index >= 15 is 0 Å². The SMILES string of the molecule is O=C1CCN(CCc2ccncc2)C(=O)C(C2CC2)N1. The van der Waals surface area contributed by atoms with Crippen LogP contribution in [0.2, 0.25) is 0 Å². The first-order valence-electron chi connectivity index (χ1n) is 7.21. The van der Waals surface area contributed by atoms with Gasteiger partial charge < -0.3 is 10.2 Å². The maximum atomic E-state index is 12.5. The number of amides is 2.